The van der Waals surface area contributed by atoms with Gasteiger partial charge in [0.25, 0.3) is 11.8 Å². The predicted molar refractivity (Wildman–Crippen MR) is 161 cm³/mol. The third-order valence-electron chi connectivity index (χ3n) is 7.23. The average Bonchev–Trinajstić information content (AvgIpc) is 3.56. The molecule has 4 rings (SSSR count). The van der Waals surface area contributed by atoms with Crippen LogP contribution in [0.3, 0.4) is 0 Å². The maximum Gasteiger partial charge on any atom is 0.419 e. The van der Waals surface area contributed by atoms with E-state index in [4.69, 9.17) is 39.5 Å². The van der Waals surface area contributed by atoms with Gasteiger partial charge in [-0.3, -0.25) is 14.4 Å². The summed E-state index contributed by atoms with van der Waals surface area (Å²) in [5.74, 6) is -8.80. The normalized spacial score (nSPS) is 17.7. The molecule has 2 N–H and O–H groups in total. The Hall–Kier alpha value is -3.52. The number of halogens is 9. The van der Waals surface area contributed by atoms with Crippen LogP contribution in [0, 0.1) is 23.4 Å². The summed E-state index contributed by atoms with van der Waals surface area (Å²) < 4.78 is 86.6. The average molecular weight is 711 g/mol. The van der Waals surface area contributed by atoms with E-state index in [2.05, 4.69) is 10.6 Å². The highest BCUT2D eigenvalue weighted by molar-refractivity contribution is 6.53. The Morgan fingerprint density at radius 1 is 1.00 bits per heavy atom. The van der Waals surface area contributed by atoms with Crippen molar-refractivity contribution in [2.24, 2.45) is 5.92 Å². The van der Waals surface area contributed by atoms with E-state index >= 15 is 4.39 Å². The molecule has 246 valence electrons. The fraction of sp³-hybridized carbons (Fsp3) is 0.300. The number of ether oxygens (including phenoxy) is 1. The molecule has 3 amide bonds. The highest BCUT2D eigenvalue weighted by Gasteiger charge is 2.67. The Labute approximate surface area is 273 Å². The molecule has 0 heterocycles. The van der Waals surface area contributed by atoms with E-state index in [1.807, 2.05) is 0 Å². The quantitative estimate of drug-likeness (QED) is 0.174. The molecule has 0 radical (unpaired) electrons. The molecule has 7 nitrogen and oxygen atoms in total. The van der Waals surface area contributed by atoms with E-state index in [-0.39, 0.29) is 28.4 Å². The number of amides is 3. The van der Waals surface area contributed by atoms with E-state index < -0.39 is 80.6 Å². The zero-order valence-corrected chi connectivity index (χ0v) is 26.3. The summed E-state index contributed by atoms with van der Waals surface area (Å²) in [4.78, 5) is 39.6. The molecular formula is C30H24Cl3F6N3O4. The molecule has 0 aliphatic heterocycles. The van der Waals surface area contributed by atoms with Crippen molar-refractivity contribution in [3.63, 3.8) is 0 Å². The molecule has 0 spiro atoms. The Balaban J connectivity index is 1.55. The van der Waals surface area contributed by atoms with Crippen molar-refractivity contribution < 1.29 is 45.5 Å². The second kappa shape index (κ2) is 13.3. The molecular weight excluding hydrogens is 687 g/mol. The maximum absolute atomic E-state index is 15.4. The van der Waals surface area contributed by atoms with Crippen molar-refractivity contribution in [3.05, 3.63) is 87.7 Å². The summed E-state index contributed by atoms with van der Waals surface area (Å²) in [6.45, 7) is 3.19. The number of hydrogen-bond donors (Lipinski definition) is 2. The number of rotatable bonds is 9. The first-order valence-electron chi connectivity index (χ1n) is 13.4. The van der Waals surface area contributed by atoms with Gasteiger partial charge in [-0.05, 0) is 61.9 Å². The summed E-state index contributed by atoms with van der Waals surface area (Å²) >= 11 is 18.7. The molecule has 0 aromatic heterocycles. The minimum absolute atomic E-state index is 0.00605. The van der Waals surface area contributed by atoms with Crippen molar-refractivity contribution in [2.75, 3.05) is 29.2 Å². The monoisotopic (exact) mass is 709 g/mol. The van der Waals surface area contributed by atoms with Crippen molar-refractivity contribution in [1.82, 2.24) is 0 Å². The minimum atomic E-state index is -5.00. The van der Waals surface area contributed by atoms with Crippen LogP contribution in [0.1, 0.15) is 41.3 Å². The van der Waals surface area contributed by atoms with Gasteiger partial charge in [-0.25, -0.2) is 13.2 Å². The van der Waals surface area contributed by atoms with Gasteiger partial charge in [-0.2, -0.15) is 13.2 Å². The lowest BCUT2D eigenvalue weighted by atomic mass is 10.0. The van der Waals surface area contributed by atoms with Gasteiger partial charge in [0, 0.05) is 25.3 Å². The summed E-state index contributed by atoms with van der Waals surface area (Å²) in [7, 11) is 1.16. The van der Waals surface area contributed by atoms with Crippen LogP contribution in [0.5, 0.6) is 0 Å². The van der Waals surface area contributed by atoms with Crippen LogP contribution in [0.15, 0.2) is 48.5 Å². The first-order chi connectivity index (χ1) is 21.4. The summed E-state index contributed by atoms with van der Waals surface area (Å²) in [5, 5.41) is 4.46. The van der Waals surface area contributed by atoms with Gasteiger partial charge >= 0.3 is 6.18 Å². The number of hydrogen-bond acceptors (Lipinski definition) is 4. The first-order valence-corrected chi connectivity index (χ1v) is 14.6. The largest absolute Gasteiger partial charge is 0.419 e. The van der Waals surface area contributed by atoms with Crippen molar-refractivity contribution in [3.8, 4) is 0 Å². The number of carbonyl (C=O) groups excluding carboxylic acids is 3. The predicted octanol–water partition coefficient (Wildman–Crippen LogP) is 7.94. The number of alkyl halides is 5. The standard InChI is InChI=1S/C30H24Cl3F6N3O4/c1-4-46-13(2)26(43)41-25-20(35)9-10-21(24(25)36)42(3)28(45)16-12-15(6-7-18(16)31)40-27(44)23-22(29(23,32)33)14-5-8-19(34)17(11-14)30(37,38)39/h5-13,22-23H,4H2,1-3H3,(H,40,44)(H,41,43)/t13?,22-,23+/m0/s1. The van der Waals surface area contributed by atoms with Gasteiger partial charge in [0.15, 0.2) is 5.82 Å². The third-order valence-corrected chi connectivity index (χ3v) is 8.50. The van der Waals surface area contributed by atoms with Crippen LogP contribution in [-0.4, -0.2) is 41.8 Å². The molecule has 0 bridgehead atoms. The Kier molecular flexibility index (Phi) is 10.2. The van der Waals surface area contributed by atoms with Gasteiger partial charge in [0.1, 0.15) is 27.8 Å². The molecule has 1 aliphatic rings. The lowest BCUT2D eigenvalue weighted by molar-refractivity contribution is -0.140. The van der Waals surface area contributed by atoms with Gasteiger partial charge in [0.05, 0.1) is 27.8 Å². The number of anilines is 3. The lowest BCUT2D eigenvalue weighted by Gasteiger charge is -2.21. The molecule has 3 atom stereocenters. The van der Waals surface area contributed by atoms with Gasteiger partial charge in [-0.1, -0.05) is 17.7 Å². The zero-order valence-electron chi connectivity index (χ0n) is 24.0. The van der Waals surface area contributed by atoms with Crippen molar-refractivity contribution in [1.29, 1.82) is 0 Å². The maximum atomic E-state index is 15.4. The van der Waals surface area contributed by atoms with Crippen molar-refractivity contribution >= 4 is 69.6 Å². The number of nitrogens with one attached hydrogen (secondary N) is 2. The second-order valence-corrected chi connectivity index (χ2v) is 12.1. The topological polar surface area (TPSA) is 87.7 Å². The SMILES string of the molecule is CCOC(C)C(=O)Nc1c(F)ccc(N(C)C(=O)c2cc(NC(=O)[C@H]3[C@H](c4ccc(F)c(C(F)(F)F)c4)C3(Cl)Cl)ccc2Cl)c1F. The fourth-order valence-electron chi connectivity index (χ4n) is 4.76. The van der Waals surface area contributed by atoms with Gasteiger partial charge in [-0.15, -0.1) is 23.2 Å². The fourth-order valence-corrected chi connectivity index (χ4v) is 5.79. The van der Waals surface area contributed by atoms with Crippen LogP contribution in [0.2, 0.25) is 5.02 Å². The minimum Gasteiger partial charge on any atom is -0.369 e. The molecule has 16 heteroatoms. The van der Waals surface area contributed by atoms with Crippen LogP contribution in [-0.2, 0) is 20.5 Å². The zero-order chi connectivity index (χ0) is 34.3. The van der Waals surface area contributed by atoms with E-state index in [1.165, 1.54) is 19.1 Å². The summed E-state index contributed by atoms with van der Waals surface area (Å²) in [6, 6.07) is 7.69. The second-order valence-electron chi connectivity index (χ2n) is 10.3. The van der Waals surface area contributed by atoms with Gasteiger partial charge < -0.3 is 20.3 Å². The number of nitrogens with zero attached hydrogens (tertiary/aromatic N) is 1. The van der Waals surface area contributed by atoms with E-state index in [1.54, 1.807) is 6.92 Å². The Morgan fingerprint density at radius 3 is 2.28 bits per heavy atom. The molecule has 1 unspecified atom stereocenters. The van der Waals surface area contributed by atoms with E-state index in [0.717, 1.165) is 36.2 Å². The van der Waals surface area contributed by atoms with Crippen LogP contribution in [0.25, 0.3) is 0 Å². The highest BCUT2D eigenvalue weighted by Crippen LogP contribution is 2.65. The van der Waals surface area contributed by atoms with Crippen LogP contribution >= 0.6 is 34.8 Å². The third kappa shape index (κ3) is 7.07. The number of benzene rings is 3. The molecule has 1 fully saturated rings. The smallest absolute Gasteiger partial charge is 0.369 e. The Bertz CT molecular complexity index is 1710. The molecule has 3 aromatic rings. The van der Waals surface area contributed by atoms with Crippen LogP contribution < -0.4 is 15.5 Å². The van der Waals surface area contributed by atoms with Gasteiger partial charge in [0.2, 0.25) is 5.91 Å². The molecule has 1 aliphatic carbocycles. The first kappa shape index (κ1) is 35.3. The molecule has 1 saturated carbocycles. The lowest BCUT2D eigenvalue weighted by Crippen LogP contribution is -2.30. The van der Waals surface area contributed by atoms with E-state index in [0.29, 0.717) is 12.1 Å². The number of carbonyl (C=O) groups is 3. The summed E-state index contributed by atoms with van der Waals surface area (Å²) in [5.41, 5.74) is -3.13. The Morgan fingerprint density at radius 2 is 1.65 bits per heavy atom. The highest BCUT2D eigenvalue weighted by atomic mass is 35.5. The molecule has 0 saturated heterocycles. The van der Waals surface area contributed by atoms with Crippen molar-refractivity contribution in [2.45, 2.75) is 36.4 Å². The van der Waals surface area contributed by atoms with Crippen LogP contribution in [0.4, 0.5) is 43.4 Å². The molecule has 3 aromatic carbocycles. The summed E-state index contributed by atoms with van der Waals surface area (Å²) in [6.07, 6.45) is -6.02. The molecule has 46 heavy (non-hydrogen) atoms. The van der Waals surface area contributed by atoms with E-state index in [9.17, 15) is 36.3 Å².